The second-order valence-corrected chi connectivity index (χ2v) is 13.9. The SMILES string of the molecule is CC(=O)O[C@@]12CO[C@@H]1C[C@H](O)[C@@]1(C)C(=O)C(OC(=O)C3CC3)=C3C(C)[C@@H](O)C[C@@](O)([C@@H](OC(=O)c4ccccc4)C12)C3(C)C. The second kappa shape index (κ2) is 10.2. The van der Waals surface area contributed by atoms with Crippen LogP contribution >= 0.6 is 0 Å². The van der Waals surface area contributed by atoms with Crippen molar-refractivity contribution >= 4 is 23.7 Å². The van der Waals surface area contributed by atoms with Crippen molar-refractivity contribution in [3.05, 3.63) is 47.2 Å². The predicted octanol–water partition coefficient (Wildman–Crippen LogP) is 2.25. The Kier molecular flexibility index (Phi) is 7.16. The summed E-state index contributed by atoms with van der Waals surface area (Å²) in [6.45, 7) is 7.47. The summed E-state index contributed by atoms with van der Waals surface area (Å²) in [7, 11) is 0. The monoisotopic (exact) mass is 612 g/mol. The van der Waals surface area contributed by atoms with Crippen LogP contribution in [0.3, 0.4) is 0 Å². The molecule has 9 atom stereocenters. The number of hydrogen-bond donors (Lipinski definition) is 3. The Hall–Kier alpha value is -3.12. The van der Waals surface area contributed by atoms with Gasteiger partial charge in [-0.3, -0.25) is 14.4 Å². The molecule has 238 valence electrons. The quantitative estimate of drug-likeness (QED) is 0.330. The zero-order valence-corrected chi connectivity index (χ0v) is 25.6. The van der Waals surface area contributed by atoms with Crippen molar-refractivity contribution in [1.29, 1.82) is 0 Å². The molecule has 1 aromatic carbocycles. The number of aliphatic hydroxyl groups excluding tert-OH is 2. The van der Waals surface area contributed by atoms with E-state index in [-0.39, 0.29) is 42.3 Å². The first-order valence-corrected chi connectivity index (χ1v) is 15.3. The minimum Gasteiger partial charge on any atom is -0.455 e. The van der Waals surface area contributed by atoms with Crippen molar-refractivity contribution in [3.63, 3.8) is 0 Å². The van der Waals surface area contributed by atoms with E-state index in [4.69, 9.17) is 18.9 Å². The van der Waals surface area contributed by atoms with E-state index in [1.54, 1.807) is 39.0 Å². The number of benzene rings is 1. The third kappa shape index (κ3) is 4.23. The molecule has 1 heterocycles. The fraction of sp³-hybridized carbons (Fsp3) is 0.636. The van der Waals surface area contributed by atoms with Crippen molar-refractivity contribution in [2.45, 2.75) is 95.9 Å². The molecule has 1 aromatic rings. The van der Waals surface area contributed by atoms with E-state index in [1.807, 2.05) is 0 Å². The summed E-state index contributed by atoms with van der Waals surface area (Å²) in [6.07, 6.45) is -4.34. The lowest BCUT2D eigenvalue weighted by Gasteiger charge is -2.67. The van der Waals surface area contributed by atoms with E-state index in [1.165, 1.54) is 26.0 Å². The Morgan fingerprint density at radius 2 is 1.70 bits per heavy atom. The first-order valence-electron chi connectivity index (χ1n) is 15.3. The number of hydrogen-bond acceptors (Lipinski definition) is 11. The molecule has 0 amide bonds. The molecule has 0 spiro atoms. The van der Waals surface area contributed by atoms with Crippen LogP contribution in [0.25, 0.3) is 0 Å². The number of Topliss-reactive ketones (excluding diaryl/α,β-unsaturated/α-hetero) is 1. The number of allylic oxidation sites excluding steroid dienone is 1. The van der Waals surface area contributed by atoms with Gasteiger partial charge in [0.25, 0.3) is 0 Å². The Balaban J connectivity index is 1.65. The number of carbonyl (C=O) groups is 4. The smallest absolute Gasteiger partial charge is 0.338 e. The lowest BCUT2D eigenvalue weighted by Crippen LogP contribution is -2.81. The van der Waals surface area contributed by atoms with Gasteiger partial charge in [-0.15, -0.1) is 0 Å². The van der Waals surface area contributed by atoms with Crippen LogP contribution in [0.4, 0.5) is 0 Å². The van der Waals surface area contributed by atoms with Gasteiger partial charge in [0.05, 0.1) is 41.6 Å². The number of fused-ring (bicyclic) bond motifs is 5. The van der Waals surface area contributed by atoms with Gasteiger partial charge in [0.15, 0.2) is 11.4 Å². The zero-order valence-electron chi connectivity index (χ0n) is 25.6. The van der Waals surface area contributed by atoms with Crippen LogP contribution < -0.4 is 0 Å². The van der Waals surface area contributed by atoms with Crippen LogP contribution in [0.2, 0.25) is 0 Å². The van der Waals surface area contributed by atoms with Crippen molar-refractivity contribution in [2.24, 2.45) is 28.6 Å². The third-order valence-corrected chi connectivity index (χ3v) is 11.1. The van der Waals surface area contributed by atoms with E-state index >= 15 is 4.79 Å². The summed E-state index contributed by atoms with van der Waals surface area (Å²) in [5.41, 5.74) is -6.66. The molecule has 0 radical (unpaired) electrons. The van der Waals surface area contributed by atoms with E-state index in [0.717, 1.165) is 0 Å². The third-order valence-electron chi connectivity index (χ3n) is 11.1. The molecule has 44 heavy (non-hydrogen) atoms. The van der Waals surface area contributed by atoms with Gasteiger partial charge in [-0.25, -0.2) is 4.79 Å². The molecule has 1 saturated heterocycles. The maximum atomic E-state index is 15.0. The van der Waals surface area contributed by atoms with E-state index in [2.05, 4.69) is 0 Å². The maximum absolute atomic E-state index is 15.0. The Bertz CT molecular complexity index is 1430. The molecule has 1 aliphatic heterocycles. The summed E-state index contributed by atoms with van der Waals surface area (Å²) in [6, 6.07) is 8.10. The van der Waals surface area contributed by atoms with Crippen LogP contribution in [-0.2, 0) is 33.3 Å². The van der Waals surface area contributed by atoms with Crippen LogP contribution in [-0.4, -0.2) is 81.2 Å². The minimum atomic E-state index is -2.10. The highest BCUT2D eigenvalue weighted by molar-refractivity contribution is 6.02. The number of aliphatic hydroxyl groups is 3. The fourth-order valence-corrected chi connectivity index (χ4v) is 8.25. The van der Waals surface area contributed by atoms with Gasteiger partial charge in [0.2, 0.25) is 5.78 Å². The summed E-state index contributed by atoms with van der Waals surface area (Å²) in [4.78, 5) is 54.6. The van der Waals surface area contributed by atoms with Gasteiger partial charge in [-0.1, -0.05) is 39.0 Å². The topological polar surface area (TPSA) is 166 Å². The molecule has 11 heteroatoms. The highest BCUT2D eigenvalue weighted by Crippen LogP contribution is 2.64. The Morgan fingerprint density at radius 3 is 2.27 bits per heavy atom. The molecule has 2 unspecified atom stereocenters. The van der Waals surface area contributed by atoms with Crippen molar-refractivity contribution < 1.29 is 53.4 Å². The standard InChI is InChI=1S/C33H40O11/c1-16-20(35)14-33(40)27(43-29(39)18-9-7-6-8-10-18)25-31(5,21(36)13-22-32(25,15-41-22)44-17(2)34)26(37)24(23(16)30(33,3)4)42-28(38)19-11-12-19/h6-10,16,19-22,25,27,35-36,40H,11-15H2,1-5H3/t16?,20-,21-,22+,25?,27-,31+,32-,33+/m0/s1. The summed E-state index contributed by atoms with van der Waals surface area (Å²) in [5, 5.41) is 36.2. The fourth-order valence-electron chi connectivity index (χ4n) is 8.25. The Morgan fingerprint density at radius 1 is 1.05 bits per heavy atom. The molecule has 11 nitrogen and oxygen atoms in total. The lowest BCUT2D eigenvalue weighted by molar-refractivity contribution is -0.345. The molecule has 2 bridgehead atoms. The van der Waals surface area contributed by atoms with Gasteiger partial charge < -0.3 is 34.3 Å². The van der Waals surface area contributed by atoms with Crippen LogP contribution in [0, 0.1) is 28.6 Å². The molecule has 6 rings (SSSR count). The number of ketones is 1. The second-order valence-electron chi connectivity index (χ2n) is 13.9. The highest BCUT2D eigenvalue weighted by atomic mass is 16.6. The largest absolute Gasteiger partial charge is 0.455 e. The highest BCUT2D eigenvalue weighted by Gasteiger charge is 2.77. The van der Waals surface area contributed by atoms with Crippen LogP contribution in [0.5, 0.6) is 0 Å². The number of ether oxygens (including phenoxy) is 4. The average molecular weight is 613 g/mol. The summed E-state index contributed by atoms with van der Waals surface area (Å²) in [5.74, 6) is -5.72. The molecule has 5 aliphatic rings. The first kappa shape index (κ1) is 30.9. The number of rotatable bonds is 5. The van der Waals surface area contributed by atoms with E-state index < -0.39 is 82.0 Å². The molecule has 4 aliphatic carbocycles. The van der Waals surface area contributed by atoms with Gasteiger partial charge in [0.1, 0.15) is 17.8 Å². The summed E-state index contributed by atoms with van der Waals surface area (Å²) >= 11 is 0. The molecule has 3 N–H and O–H groups in total. The maximum Gasteiger partial charge on any atom is 0.338 e. The normalized spacial score (nSPS) is 40.8. The van der Waals surface area contributed by atoms with Gasteiger partial charge in [0, 0.05) is 31.1 Å². The molecule has 3 saturated carbocycles. The number of esters is 3. The number of carbonyl (C=O) groups excluding carboxylic acids is 4. The Labute approximate surface area is 255 Å². The molecular formula is C33H40O11. The van der Waals surface area contributed by atoms with E-state index in [9.17, 15) is 29.7 Å². The van der Waals surface area contributed by atoms with Gasteiger partial charge >= 0.3 is 17.9 Å². The predicted molar refractivity (Wildman–Crippen MR) is 151 cm³/mol. The summed E-state index contributed by atoms with van der Waals surface area (Å²) < 4.78 is 23.9. The lowest BCUT2D eigenvalue weighted by atomic mass is 9.45. The average Bonchev–Trinajstić information content (AvgIpc) is 3.81. The van der Waals surface area contributed by atoms with Crippen molar-refractivity contribution in [3.8, 4) is 0 Å². The first-order chi connectivity index (χ1) is 20.6. The molecule has 4 fully saturated rings. The van der Waals surface area contributed by atoms with Crippen LogP contribution in [0.15, 0.2) is 41.7 Å². The van der Waals surface area contributed by atoms with Crippen molar-refractivity contribution in [2.75, 3.05) is 6.61 Å². The van der Waals surface area contributed by atoms with E-state index in [0.29, 0.717) is 12.8 Å². The molecule has 0 aromatic heterocycles. The van der Waals surface area contributed by atoms with Crippen molar-refractivity contribution in [1.82, 2.24) is 0 Å². The zero-order chi connectivity index (χ0) is 32.0. The van der Waals surface area contributed by atoms with Crippen LogP contribution in [0.1, 0.15) is 70.7 Å². The molecular weight excluding hydrogens is 572 g/mol. The minimum absolute atomic E-state index is 0.107. The van der Waals surface area contributed by atoms with Gasteiger partial charge in [-0.05, 0) is 37.5 Å². The van der Waals surface area contributed by atoms with Gasteiger partial charge in [-0.2, -0.15) is 0 Å².